The quantitative estimate of drug-likeness (QED) is 0.493. The first-order chi connectivity index (χ1) is 8.06. The molecule has 4 nitrogen and oxygen atoms in total. The zero-order valence-corrected chi connectivity index (χ0v) is 10.4. The summed E-state index contributed by atoms with van der Waals surface area (Å²) in [6.45, 7) is 0.798. The van der Waals surface area contributed by atoms with Gasteiger partial charge in [-0.05, 0) is 6.42 Å². The van der Waals surface area contributed by atoms with Crippen LogP contribution >= 0.6 is 0 Å². The van der Waals surface area contributed by atoms with E-state index in [0.29, 0.717) is 6.42 Å². The molecule has 0 aliphatic carbocycles. The molecular weight excluding hydrogens is 238 g/mol. The fourth-order valence-corrected chi connectivity index (χ4v) is 2.62. The van der Waals surface area contributed by atoms with Crippen LogP contribution in [0.3, 0.4) is 0 Å². The number of fused-ring (bicyclic) bond motifs is 1. The Balaban J connectivity index is 1.86. The van der Waals surface area contributed by atoms with E-state index in [1.54, 1.807) is 0 Å². The van der Waals surface area contributed by atoms with Crippen LogP contribution in [0.2, 0.25) is 0 Å². The largest absolute Gasteiger partial charge is 0.286 e. The van der Waals surface area contributed by atoms with Crippen molar-refractivity contribution in [1.82, 2.24) is 0 Å². The molecule has 1 aliphatic heterocycles. The average Bonchev–Trinajstić information content (AvgIpc) is 2.67. The van der Waals surface area contributed by atoms with Crippen LogP contribution < -0.4 is 0 Å². The van der Waals surface area contributed by atoms with Crippen molar-refractivity contribution in [3.05, 3.63) is 29.8 Å². The zero-order chi connectivity index (χ0) is 12.3. The Morgan fingerprint density at radius 2 is 2.00 bits per heavy atom. The lowest BCUT2D eigenvalue weighted by Crippen LogP contribution is -2.09. The van der Waals surface area contributed by atoms with Crippen LogP contribution in [0, 0.1) is 0 Å². The van der Waals surface area contributed by atoms with Crippen LogP contribution in [0.1, 0.15) is 18.4 Å². The summed E-state index contributed by atoms with van der Waals surface area (Å²) in [6.07, 6.45) is 4.31. The molecule has 1 aromatic rings. The second kappa shape index (κ2) is 4.98. The molecule has 2 rings (SSSR count). The number of unbranched alkanes of at least 4 members (excludes halogenated alkanes) is 1. The number of hydrogen-bond acceptors (Lipinski definition) is 2. The summed E-state index contributed by atoms with van der Waals surface area (Å²) in [5.74, 6) is -0.150. The molecule has 1 aliphatic rings. The van der Waals surface area contributed by atoms with Gasteiger partial charge in [0, 0.05) is 18.1 Å². The van der Waals surface area contributed by atoms with E-state index in [1.807, 2.05) is 12.1 Å². The molecule has 0 bridgehead atoms. The van der Waals surface area contributed by atoms with Crippen molar-refractivity contribution in [1.29, 1.82) is 0 Å². The van der Waals surface area contributed by atoms with Gasteiger partial charge in [0.1, 0.15) is 12.8 Å². The molecule has 0 fully saturated rings. The van der Waals surface area contributed by atoms with Crippen LogP contribution in [-0.2, 0) is 16.5 Å². The van der Waals surface area contributed by atoms with Gasteiger partial charge in [-0.1, -0.05) is 18.2 Å². The van der Waals surface area contributed by atoms with Crippen molar-refractivity contribution < 1.29 is 17.5 Å². The van der Waals surface area contributed by atoms with Crippen LogP contribution in [0.15, 0.2) is 24.3 Å². The lowest BCUT2D eigenvalue weighted by molar-refractivity contribution is -0.433. The molecule has 0 amide bonds. The van der Waals surface area contributed by atoms with E-state index >= 15 is 0 Å². The smallest absolute Gasteiger partial charge is 0.264 e. The van der Waals surface area contributed by atoms with Gasteiger partial charge in [0.15, 0.2) is 0 Å². The highest BCUT2D eigenvalue weighted by molar-refractivity contribution is 7.85. The first-order valence-corrected chi connectivity index (χ1v) is 7.30. The van der Waals surface area contributed by atoms with Gasteiger partial charge in [-0.2, -0.15) is 8.42 Å². The third-order valence-electron chi connectivity index (χ3n) is 2.88. The van der Waals surface area contributed by atoms with E-state index in [9.17, 15) is 8.42 Å². The highest BCUT2D eigenvalue weighted by Crippen LogP contribution is 2.23. The van der Waals surface area contributed by atoms with Gasteiger partial charge < -0.3 is 0 Å². The van der Waals surface area contributed by atoms with Gasteiger partial charge in [-0.3, -0.25) is 4.55 Å². The molecule has 5 heteroatoms. The Labute approximate surface area is 101 Å². The van der Waals surface area contributed by atoms with Crippen LogP contribution in [0.4, 0.5) is 5.69 Å². The Kier molecular flexibility index (Phi) is 3.59. The number of rotatable bonds is 5. The number of nitrogens with zero attached hydrogens (tertiary/aromatic N) is 1. The van der Waals surface area contributed by atoms with Crippen molar-refractivity contribution in [2.24, 2.45) is 0 Å². The number of hydrogen-bond donors (Lipinski definition) is 1. The SMILES string of the molecule is O=S(=O)(O)CCCC[N+]1=CCc2ccccc21. The van der Waals surface area contributed by atoms with Gasteiger partial charge >= 0.3 is 0 Å². The standard InChI is InChI=1S/C12H15NO3S/c14-17(15,16)10-4-3-8-13-9-7-11-5-1-2-6-12(11)13/h1-2,5-6,9H,3-4,7-8,10H2/p+1. The highest BCUT2D eigenvalue weighted by Gasteiger charge is 2.20. The van der Waals surface area contributed by atoms with Crippen molar-refractivity contribution in [3.8, 4) is 0 Å². The summed E-state index contributed by atoms with van der Waals surface area (Å²) in [6, 6.07) is 8.20. The lowest BCUT2D eigenvalue weighted by Gasteiger charge is -2.00. The lowest BCUT2D eigenvalue weighted by atomic mass is 10.1. The molecule has 0 unspecified atom stereocenters. The van der Waals surface area contributed by atoms with Gasteiger partial charge in [-0.25, -0.2) is 4.58 Å². The van der Waals surface area contributed by atoms with Crippen LogP contribution in [-0.4, -0.2) is 36.1 Å². The predicted molar refractivity (Wildman–Crippen MR) is 66.6 cm³/mol. The molecule has 1 N–H and O–H groups in total. The van der Waals surface area contributed by atoms with Gasteiger partial charge in [0.2, 0.25) is 5.69 Å². The van der Waals surface area contributed by atoms with E-state index in [1.165, 1.54) is 11.3 Å². The molecule has 1 heterocycles. The van der Waals surface area contributed by atoms with E-state index in [0.717, 1.165) is 19.4 Å². The summed E-state index contributed by atoms with van der Waals surface area (Å²) in [5.41, 5.74) is 2.52. The summed E-state index contributed by atoms with van der Waals surface area (Å²) < 4.78 is 31.9. The van der Waals surface area contributed by atoms with Gasteiger partial charge in [0.05, 0.1) is 12.2 Å². The fourth-order valence-electron chi connectivity index (χ4n) is 2.05. The molecule has 0 spiro atoms. The van der Waals surface area contributed by atoms with Crippen LogP contribution in [0.25, 0.3) is 0 Å². The second-order valence-electron chi connectivity index (χ2n) is 4.20. The molecule has 0 aromatic heterocycles. The third kappa shape index (κ3) is 3.38. The van der Waals surface area contributed by atoms with Crippen LogP contribution in [0.5, 0.6) is 0 Å². The molecule has 0 atom stereocenters. The first-order valence-electron chi connectivity index (χ1n) is 5.69. The minimum Gasteiger partial charge on any atom is -0.286 e. The minimum atomic E-state index is -3.81. The molecular formula is C12H16NO3S+. The van der Waals surface area contributed by atoms with Gasteiger partial charge in [-0.15, -0.1) is 0 Å². The molecule has 0 saturated carbocycles. The third-order valence-corrected chi connectivity index (χ3v) is 3.69. The molecule has 92 valence electrons. The predicted octanol–water partition coefficient (Wildman–Crippen LogP) is 1.63. The Hall–Kier alpha value is -1.20. The Morgan fingerprint density at radius 1 is 1.24 bits per heavy atom. The van der Waals surface area contributed by atoms with Crippen molar-refractivity contribution in [3.63, 3.8) is 0 Å². The van der Waals surface area contributed by atoms with E-state index < -0.39 is 10.1 Å². The minimum absolute atomic E-state index is 0.150. The average molecular weight is 254 g/mol. The molecule has 0 saturated heterocycles. The van der Waals surface area contributed by atoms with Crippen molar-refractivity contribution >= 4 is 22.0 Å². The van der Waals surface area contributed by atoms with Crippen molar-refractivity contribution in [2.45, 2.75) is 19.3 Å². The summed E-state index contributed by atoms with van der Waals surface area (Å²) in [5, 5.41) is 0. The van der Waals surface area contributed by atoms with Gasteiger partial charge in [0.25, 0.3) is 10.1 Å². The molecule has 0 radical (unpaired) electrons. The topological polar surface area (TPSA) is 57.4 Å². The summed E-state index contributed by atoms with van der Waals surface area (Å²) in [4.78, 5) is 0. The monoisotopic (exact) mass is 254 g/mol. The van der Waals surface area contributed by atoms with E-state index in [4.69, 9.17) is 4.55 Å². The maximum atomic E-state index is 10.6. The maximum Gasteiger partial charge on any atom is 0.264 e. The molecule has 17 heavy (non-hydrogen) atoms. The second-order valence-corrected chi connectivity index (χ2v) is 5.77. The Morgan fingerprint density at radius 3 is 2.76 bits per heavy atom. The van der Waals surface area contributed by atoms with E-state index in [-0.39, 0.29) is 5.75 Å². The first kappa shape index (κ1) is 12.3. The number of benzene rings is 1. The normalized spacial score (nSPS) is 14.5. The highest BCUT2D eigenvalue weighted by atomic mass is 32.2. The Bertz CT molecular complexity index is 534. The fraction of sp³-hybridized carbons (Fsp3) is 0.417. The molecule has 1 aromatic carbocycles. The maximum absolute atomic E-state index is 10.6. The summed E-state index contributed by atoms with van der Waals surface area (Å²) in [7, 11) is -3.81. The zero-order valence-electron chi connectivity index (χ0n) is 9.54. The summed E-state index contributed by atoms with van der Waals surface area (Å²) >= 11 is 0. The number of para-hydroxylation sites is 1. The van der Waals surface area contributed by atoms with E-state index in [2.05, 4.69) is 22.9 Å². The van der Waals surface area contributed by atoms with Crippen molar-refractivity contribution in [2.75, 3.05) is 12.3 Å².